The van der Waals surface area contributed by atoms with Crippen molar-refractivity contribution in [1.29, 1.82) is 0 Å². The van der Waals surface area contributed by atoms with Crippen LogP contribution in [0.15, 0.2) is 48.5 Å². The number of amides is 1. The molecule has 0 radical (unpaired) electrons. The number of methoxy groups -OCH3 is 1. The quantitative estimate of drug-likeness (QED) is 0.546. The summed E-state index contributed by atoms with van der Waals surface area (Å²) in [5.41, 5.74) is 4.17. The van der Waals surface area contributed by atoms with Crippen molar-refractivity contribution in [3.05, 3.63) is 70.8 Å². The van der Waals surface area contributed by atoms with Gasteiger partial charge in [0.2, 0.25) is 0 Å². The zero-order valence-electron chi connectivity index (χ0n) is 17.3. The summed E-state index contributed by atoms with van der Waals surface area (Å²) >= 11 is 0. The van der Waals surface area contributed by atoms with Crippen molar-refractivity contribution in [2.24, 2.45) is 0 Å². The minimum absolute atomic E-state index is 0.0687. The van der Waals surface area contributed by atoms with Gasteiger partial charge < -0.3 is 19.9 Å². The molecule has 0 bridgehead atoms. The van der Waals surface area contributed by atoms with Gasteiger partial charge in [-0.1, -0.05) is 42.0 Å². The topological polar surface area (TPSA) is 64.3 Å². The maximum absolute atomic E-state index is 12.3. The summed E-state index contributed by atoms with van der Waals surface area (Å²) in [6.45, 7) is 8.38. The summed E-state index contributed by atoms with van der Waals surface area (Å²) in [6.07, 6.45) is 0. The average Bonchev–Trinajstić information content (AvgIpc) is 2.73. The Balaban J connectivity index is 1.38. The lowest BCUT2D eigenvalue weighted by molar-refractivity contribution is -1.02. The lowest BCUT2D eigenvalue weighted by atomic mass is 10.1. The lowest BCUT2D eigenvalue weighted by Crippen LogP contribution is -3.28. The molecule has 2 aromatic carbocycles. The third-order valence-electron chi connectivity index (χ3n) is 5.48. The molecule has 29 heavy (non-hydrogen) atoms. The van der Waals surface area contributed by atoms with Crippen molar-refractivity contribution in [1.82, 2.24) is 5.32 Å². The van der Waals surface area contributed by atoms with E-state index >= 15 is 0 Å². The molecule has 0 saturated carbocycles. The molecule has 1 heterocycles. The van der Waals surface area contributed by atoms with E-state index in [0.29, 0.717) is 18.7 Å². The van der Waals surface area contributed by atoms with Crippen LogP contribution < -0.4 is 15.1 Å². The molecule has 3 N–H and O–H groups in total. The van der Waals surface area contributed by atoms with Crippen LogP contribution in [-0.2, 0) is 22.6 Å². The van der Waals surface area contributed by atoms with Gasteiger partial charge in [-0.25, -0.2) is 4.79 Å². The van der Waals surface area contributed by atoms with Crippen LogP contribution in [0.3, 0.4) is 0 Å². The molecule has 3 rings (SSSR count). The van der Waals surface area contributed by atoms with Gasteiger partial charge in [-0.05, 0) is 24.6 Å². The van der Waals surface area contributed by atoms with Crippen LogP contribution in [0.2, 0.25) is 0 Å². The highest BCUT2D eigenvalue weighted by atomic mass is 16.5. The largest absolute Gasteiger partial charge is 0.465 e. The molecule has 154 valence electrons. The van der Waals surface area contributed by atoms with E-state index in [1.165, 1.54) is 23.1 Å². The van der Waals surface area contributed by atoms with Crippen molar-refractivity contribution in [3.63, 3.8) is 0 Å². The van der Waals surface area contributed by atoms with E-state index in [-0.39, 0.29) is 11.9 Å². The predicted octanol–water partition coefficient (Wildman–Crippen LogP) is -0.619. The number of esters is 1. The molecule has 1 aliphatic heterocycles. The molecule has 6 heteroatoms. The Morgan fingerprint density at radius 2 is 1.66 bits per heavy atom. The fourth-order valence-corrected chi connectivity index (χ4v) is 3.79. The second-order valence-corrected chi connectivity index (χ2v) is 7.81. The lowest BCUT2D eigenvalue weighted by Gasteiger charge is -2.29. The molecule has 1 amide bonds. The van der Waals surface area contributed by atoms with Gasteiger partial charge >= 0.3 is 5.97 Å². The van der Waals surface area contributed by atoms with E-state index in [0.717, 1.165) is 38.3 Å². The Kier molecular flexibility index (Phi) is 7.38. The Morgan fingerprint density at radius 1 is 0.966 bits per heavy atom. The summed E-state index contributed by atoms with van der Waals surface area (Å²) < 4.78 is 4.69. The van der Waals surface area contributed by atoms with Gasteiger partial charge in [-0.3, -0.25) is 4.79 Å². The Bertz CT molecular complexity index is 828. The first kappa shape index (κ1) is 21.0. The SMILES string of the molecule is COC(=O)c1ccc(CNC(=O)C[NH+]2CC[NH+](Cc3cccc(C)c3)CC2)cc1. The number of ether oxygens (including phenoxy) is 1. The summed E-state index contributed by atoms with van der Waals surface area (Å²) in [6, 6.07) is 15.8. The van der Waals surface area contributed by atoms with Crippen LogP contribution in [0.1, 0.15) is 27.0 Å². The number of hydrogen-bond donors (Lipinski definition) is 3. The summed E-state index contributed by atoms with van der Waals surface area (Å²) in [4.78, 5) is 26.7. The molecule has 1 aliphatic rings. The van der Waals surface area contributed by atoms with Gasteiger partial charge in [0.1, 0.15) is 32.7 Å². The van der Waals surface area contributed by atoms with Crippen molar-refractivity contribution in [3.8, 4) is 0 Å². The van der Waals surface area contributed by atoms with Gasteiger partial charge in [-0.15, -0.1) is 0 Å². The van der Waals surface area contributed by atoms with Crippen molar-refractivity contribution >= 4 is 11.9 Å². The van der Waals surface area contributed by atoms with E-state index in [1.807, 2.05) is 12.1 Å². The number of rotatable bonds is 7. The van der Waals surface area contributed by atoms with Crippen molar-refractivity contribution in [2.45, 2.75) is 20.0 Å². The zero-order valence-corrected chi connectivity index (χ0v) is 17.3. The fourth-order valence-electron chi connectivity index (χ4n) is 3.79. The first-order valence-electron chi connectivity index (χ1n) is 10.2. The minimum atomic E-state index is -0.354. The molecule has 0 spiro atoms. The Hall–Kier alpha value is -2.70. The Morgan fingerprint density at radius 3 is 2.31 bits per heavy atom. The molecule has 0 unspecified atom stereocenters. The van der Waals surface area contributed by atoms with Crippen LogP contribution in [0.5, 0.6) is 0 Å². The number of hydrogen-bond acceptors (Lipinski definition) is 3. The number of aryl methyl sites for hydroxylation is 1. The first-order chi connectivity index (χ1) is 14.0. The highest BCUT2D eigenvalue weighted by molar-refractivity contribution is 5.89. The first-order valence-corrected chi connectivity index (χ1v) is 10.2. The van der Waals surface area contributed by atoms with Crippen LogP contribution in [0.4, 0.5) is 0 Å². The fraction of sp³-hybridized carbons (Fsp3) is 0.391. The van der Waals surface area contributed by atoms with Crippen LogP contribution in [-0.4, -0.2) is 51.7 Å². The number of carbonyl (C=O) groups is 2. The number of nitrogens with one attached hydrogen (secondary N) is 3. The summed E-state index contributed by atoms with van der Waals surface area (Å²) in [7, 11) is 1.36. The third kappa shape index (κ3) is 6.41. The van der Waals surface area contributed by atoms with Crippen LogP contribution in [0.25, 0.3) is 0 Å². The second kappa shape index (κ2) is 10.2. The van der Waals surface area contributed by atoms with E-state index in [1.54, 1.807) is 17.0 Å². The molecule has 1 fully saturated rings. The van der Waals surface area contributed by atoms with E-state index in [2.05, 4.69) is 36.5 Å². The predicted molar refractivity (Wildman–Crippen MR) is 111 cm³/mol. The number of benzene rings is 2. The standard InChI is InChI=1S/C23H29N3O3/c1-18-4-3-5-20(14-18)16-25-10-12-26(13-11-25)17-22(27)24-15-19-6-8-21(9-7-19)23(28)29-2/h3-9,14H,10-13,15-17H2,1-2H3,(H,24,27)/p+2. The average molecular weight is 398 g/mol. The molecular formula is C23H31N3O3+2. The van der Waals surface area contributed by atoms with Crippen molar-refractivity contribution in [2.75, 3.05) is 39.8 Å². The molecule has 1 saturated heterocycles. The van der Waals surface area contributed by atoms with Gasteiger partial charge in [0.15, 0.2) is 6.54 Å². The molecule has 0 aromatic heterocycles. The summed E-state index contributed by atoms with van der Waals surface area (Å²) in [5, 5.41) is 2.98. The maximum Gasteiger partial charge on any atom is 0.337 e. The molecule has 0 atom stereocenters. The summed E-state index contributed by atoms with van der Waals surface area (Å²) in [5.74, 6) is -0.285. The van der Waals surface area contributed by atoms with Gasteiger partial charge in [0.25, 0.3) is 5.91 Å². The third-order valence-corrected chi connectivity index (χ3v) is 5.48. The molecule has 6 nitrogen and oxygen atoms in total. The van der Waals surface area contributed by atoms with Crippen molar-refractivity contribution < 1.29 is 24.1 Å². The second-order valence-electron chi connectivity index (χ2n) is 7.81. The van der Waals surface area contributed by atoms with E-state index < -0.39 is 0 Å². The zero-order chi connectivity index (χ0) is 20.6. The monoisotopic (exact) mass is 397 g/mol. The van der Waals surface area contributed by atoms with Crippen LogP contribution >= 0.6 is 0 Å². The Labute approximate surface area is 172 Å². The van der Waals surface area contributed by atoms with Gasteiger partial charge in [0.05, 0.1) is 12.7 Å². The van der Waals surface area contributed by atoms with E-state index in [4.69, 9.17) is 4.74 Å². The molecule has 2 aromatic rings. The number of carbonyl (C=O) groups excluding carboxylic acids is 2. The smallest absolute Gasteiger partial charge is 0.337 e. The van der Waals surface area contributed by atoms with E-state index in [9.17, 15) is 9.59 Å². The van der Waals surface area contributed by atoms with Crippen LogP contribution in [0, 0.1) is 6.92 Å². The van der Waals surface area contributed by atoms with Gasteiger partial charge in [0, 0.05) is 12.1 Å². The molecule has 0 aliphatic carbocycles. The molecular weight excluding hydrogens is 366 g/mol. The highest BCUT2D eigenvalue weighted by Gasteiger charge is 2.24. The van der Waals surface area contributed by atoms with Gasteiger partial charge in [-0.2, -0.15) is 0 Å². The number of quaternary nitrogens is 2. The highest BCUT2D eigenvalue weighted by Crippen LogP contribution is 2.05. The maximum atomic E-state index is 12.3. The number of piperazine rings is 1. The minimum Gasteiger partial charge on any atom is -0.465 e. The normalized spacial score (nSPS) is 18.8.